The zero-order valence-corrected chi connectivity index (χ0v) is 6.67. The number of hydrogen-bond donors (Lipinski definition) is 0. The van der Waals surface area contributed by atoms with Crippen molar-refractivity contribution in [1.82, 2.24) is 4.57 Å². The molecule has 0 N–H and O–H groups in total. The highest BCUT2D eigenvalue weighted by molar-refractivity contribution is 7.93. The summed E-state index contributed by atoms with van der Waals surface area (Å²) >= 11 is 0. The summed E-state index contributed by atoms with van der Waals surface area (Å²) in [6.45, 7) is 0. The number of rotatable bonds is 0. The third-order valence-corrected chi connectivity index (χ3v) is 3.17. The molecule has 2 heterocycles. The quantitative estimate of drug-likeness (QED) is 0.581. The number of aromatic nitrogens is 1. The summed E-state index contributed by atoms with van der Waals surface area (Å²) in [5, 5.41) is 0.502. The Morgan fingerprint density at radius 1 is 1.64 bits per heavy atom. The van der Waals surface area contributed by atoms with Crippen LogP contribution < -0.4 is 0 Å². The van der Waals surface area contributed by atoms with Crippen molar-refractivity contribution in [1.29, 1.82) is 0 Å². The van der Waals surface area contributed by atoms with Gasteiger partial charge in [0.2, 0.25) is 0 Å². The Morgan fingerprint density at radius 2 is 2.36 bits per heavy atom. The molecule has 0 radical (unpaired) electrons. The highest BCUT2D eigenvalue weighted by atomic mass is 32.2. The SMILES string of the molecule is CS1(=O)=NC(=O)n2cccc21. The molecule has 58 valence electrons. The number of fused-ring (bicyclic) bond motifs is 1. The maximum atomic E-state index is 11.5. The second-order valence-electron chi connectivity index (χ2n) is 2.39. The molecule has 0 bridgehead atoms. The van der Waals surface area contributed by atoms with Crippen molar-refractivity contribution in [2.45, 2.75) is 5.03 Å². The van der Waals surface area contributed by atoms with E-state index in [2.05, 4.69) is 4.36 Å². The Bertz CT molecular complexity index is 437. The summed E-state index contributed by atoms with van der Waals surface area (Å²) < 4.78 is 16.3. The van der Waals surface area contributed by atoms with Crippen LogP contribution in [-0.4, -0.2) is 21.1 Å². The van der Waals surface area contributed by atoms with Gasteiger partial charge in [0.15, 0.2) is 0 Å². The van der Waals surface area contributed by atoms with Crippen LogP contribution in [0.1, 0.15) is 0 Å². The zero-order valence-electron chi connectivity index (χ0n) is 5.85. The number of carbonyl (C=O) groups is 1. The van der Waals surface area contributed by atoms with Gasteiger partial charge in [0.25, 0.3) is 0 Å². The largest absolute Gasteiger partial charge is 0.361 e. The second kappa shape index (κ2) is 1.73. The van der Waals surface area contributed by atoms with E-state index >= 15 is 0 Å². The second-order valence-corrected chi connectivity index (χ2v) is 4.60. The molecule has 0 saturated heterocycles. The molecule has 2 rings (SSSR count). The highest BCUT2D eigenvalue weighted by Crippen LogP contribution is 2.19. The number of hydrogen-bond acceptors (Lipinski definition) is 2. The highest BCUT2D eigenvalue weighted by Gasteiger charge is 2.23. The van der Waals surface area contributed by atoms with Gasteiger partial charge in [-0.15, -0.1) is 4.36 Å². The number of carbonyl (C=O) groups excluding carboxylic acids is 1. The Balaban J connectivity index is 2.89. The maximum absolute atomic E-state index is 11.5. The Morgan fingerprint density at radius 3 is 3.00 bits per heavy atom. The van der Waals surface area contributed by atoms with Gasteiger partial charge in [-0.05, 0) is 12.1 Å². The van der Waals surface area contributed by atoms with E-state index in [-0.39, 0.29) is 0 Å². The lowest BCUT2D eigenvalue weighted by Crippen LogP contribution is -2.00. The summed E-state index contributed by atoms with van der Waals surface area (Å²) in [6.07, 6.45) is 3.03. The van der Waals surface area contributed by atoms with Gasteiger partial charge >= 0.3 is 6.03 Å². The van der Waals surface area contributed by atoms with Crippen molar-refractivity contribution >= 4 is 15.8 Å². The van der Waals surface area contributed by atoms with Crippen LogP contribution in [0.5, 0.6) is 0 Å². The summed E-state index contributed by atoms with van der Waals surface area (Å²) in [7, 11) is -2.42. The van der Waals surface area contributed by atoms with Crippen LogP contribution >= 0.6 is 0 Å². The predicted molar refractivity (Wildman–Crippen MR) is 40.0 cm³/mol. The Kier molecular flexibility index (Phi) is 1.04. The van der Waals surface area contributed by atoms with Gasteiger partial charge in [0.05, 0.1) is 9.73 Å². The van der Waals surface area contributed by atoms with Gasteiger partial charge < -0.3 is 0 Å². The molecule has 0 aliphatic carbocycles. The van der Waals surface area contributed by atoms with Gasteiger partial charge in [-0.25, -0.2) is 9.00 Å². The number of amides is 1. The molecule has 4 nitrogen and oxygen atoms in total. The predicted octanol–water partition coefficient (Wildman–Crippen LogP) is 0.926. The standard InChI is InChI=1S/C6H6N2O2S/c1-11(10)5-3-2-4-8(5)6(9)7-11/h2-4H,1H3. The fourth-order valence-corrected chi connectivity index (χ4v) is 2.39. The first-order chi connectivity index (χ1) is 5.11. The molecular formula is C6H6N2O2S. The first-order valence-electron chi connectivity index (χ1n) is 3.05. The smallest absolute Gasteiger partial charge is 0.258 e. The first-order valence-corrected chi connectivity index (χ1v) is 4.97. The molecule has 0 spiro atoms. The fourth-order valence-electron chi connectivity index (χ4n) is 1.07. The fraction of sp³-hybridized carbons (Fsp3) is 0.167. The molecule has 1 aromatic heterocycles. The molecule has 0 aromatic carbocycles. The minimum atomic E-state index is -2.42. The van der Waals surface area contributed by atoms with Crippen LogP contribution in [0.2, 0.25) is 0 Å². The lowest BCUT2D eigenvalue weighted by molar-refractivity contribution is 0.250. The van der Waals surface area contributed by atoms with Gasteiger partial charge in [0, 0.05) is 12.5 Å². The molecule has 1 amide bonds. The van der Waals surface area contributed by atoms with Gasteiger partial charge in [-0.1, -0.05) is 0 Å². The third-order valence-electron chi connectivity index (χ3n) is 1.56. The van der Waals surface area contributed by atoms with E-state index in [0.717, 1.165) is 0 Å². The monoisotopic (exact) mass is 170 g/mol. The van der Waals surface area contributed by atoms with Crippen molar-refractivity contribution in [2.24, 2.45) is 4.36 Å². The van der Waals surface area contributed by atoms with Crippen molar-refractivity contribution in [2.75, 3.05) is 6.26 Å². The summed E-state index contributed by atoms with van der Waals surface area (Å²) in [5.41, 5.74) is 0. The minimum Gasteiger partial charge on any atom is -0.258 e. The van der Waals surface area contributed by atoms with Crippen LogP contribution in [0, 0.1) is 0 Å². The van der Waals surface area contributed by atoms with Crippen LogP contribution in [0.15, 0.2) is 27.7 Å². The average molecular weight is 170 g/mol. The maximum Gasteiger partial charge on any atom is 0.361 e. The van der Waals surface area contributed by atoms with E-state index in [9.17, 15) is 9.00 Å². The molecule has 1 aromatic rings. The lowest BCUT2D eigenvalue weighted by atomic mass is 10.7. The van der Waals surface area contributed by atoms with Crippen LogP contribution in [0.3, 0.4) is 0 Å². The zero-order chi connectivity index (χ0) is 8.06. The van der Waals surface area contributed by atoms with Gasteiger partial charge in [-0.2, -0.15) is 0 Å². The molecule has 1 atom stereocenters. The van der Waals surface area contributed by atoms with E-state index in [4.69, 9.17) is 0 Å². The van der Waals surface area contributed by atoms with Crippen LogP contribution in [0.25, 0.3) is 0 Å². The lowest BCUT2D eigenvalue weighted by Gasteiger charge is -1.91. The number of nitrogens with zero attached hydrogens (tertiary/aromatic N) is 2. The Hall–Kier alpha value is -1.10. The van der Waals surface area contributed by atoms with Gasteiger partial charge in [-0.3, -0.25) is 4.57 Å². The molecule has 0 fully saturated rings. The van der Waals surface area contributed by atoms with Crippen molar-refractivity contribution in [3.8, 4) is 0 Å². The van der Waals surface area contributed by atoms with E-state index < -0.39 is 15.8 Å². The van der Waals surface area contributed by atoms with Gasteiger partial charge in [0.1, 0.15) is 5.03 Å². The minimum absolute atomic E-state index is 0.433. The van der Waals surface area contributed by atoms with E-state index in [0.29, 0.717) is 5.03 Å². The summed E-state index contributed by atoms with van der Waals surface area (Å²) in [5.74, 6) is 0. The molecule has 1 aliphatic rings. The van der Waals surface area contributed by atoms with E-state index in [1.165, 1.54) is 10.8 Å². The molecule has 5 heteroatoms. The van der Waals surface area contributed by atoms with Crippen molar-refractivity contribution < 1.29 is 9.00 Å². The Labute approximate surface area is 64.0 Å². The normalized spacial score (nSPS) is 28.3. The van der Waals surface area contributed by atoms with Crippen LogP contribution in [0.4, 0.5) is 4.79 Å². The average Bonchev–Trinajstić information content (AvgIpc) is 2.37. The van der Waals surface area contributed by atoms with E-state index in [1.807, 2.05) is 0 Å². The topological polar surface area (TPSA) is 51.4 Å². The molecular weight excluding hydrogens is 164 g/mol. The molecule has 0 saturated carbocycles. The van der Waals surface area contributed by atoms with E-state index in [1.54, 1.807) is 18.3 Å². The molecule has 1 unspecified atom stereocenters. The summed E-state index contributed by atoms with van der Waals surface area (Å²) in [6, 6.07) is 2.90. The van der Waals surface area contributed by atoms with Crippen molar-refractivity contribution in [3.63, 3.8) is 0 Å². The first kappa shape index (κ1) is 6.60. The van der Waals surface area contributed by atoms with Crippen LogP contribution in [-0.2, 0) is 9.73 Å². The molecule has 1 aliphatic heterocycles. The summed E-state index contributed by atoms with van der Waals surface area (Å²) in [4.78, 5) is 11.0. The van der Waals surface area contributed by atoms with Crippen molar-refractivity contribution in [3.05, 3.63) is 18.3 Å². The third kappa shape index (κ3) is 0.742. The molecule has 11 heavy (non-hydrogen) atoms.